The predicted octanol–water partition coefficient (Wildman–Crippen LogP) is 8.43. The number of aromatic amines is 2. The molecule has 2 aromatic carbocycles. The van der Waals surface area contributed by atoms with E-state index in [0.29, 0.717) is 33.8 Å². The molecule has 4 amide bonds. The standard InChI is InChI=1S/C46H50Cl2F6N8O10/c1-43(2,45(49,50)51)33(57-41(65)69-7)39(63)61-15-23(67-5)13-25(61)37-55-31(35(47)59-37)19-9-21-17-72-28-12-20(10-22-18-71-27(11-19)29(21)30(22)28)32-36(48)60-38(56-32)26-14-24(68-6)16-62(26)40(64)34(58-42(66)70-8)44(3,4)46(52,53)54/h9-12,23-26,33-34H,13-18H2,1-8H3,(H,55,59)(H,56,60)(H,57,65)(H,58,66)/t23-,24-,25-,26-,33+,34+/m0/s1. The smallest absolute Gasteiger partial charge is 0.407 e. The number of alkyl halides is 6. The van der Waals surface area contributed by atoms with Crippen molar-refractivity contribution < 1.29 is 73.9 Å². The molecule has 6 atom stereocenters. The molecule has 0 aliphatic carbocycles. The van der Waals surface area contributed by atoms with Gasteiger partial charge in [0.2, 0.25) is 11.8 Å². The highest BCUT2D eigenvalue weighted by Crippen LogP contribution is 2.52. The molecule has 0 bridgehead atoms. The minimum atomic E-state index is -4.91. The van der Waals surface area contributed by atoms with Gasteiger partial charge in [-0.05, 0) is 52.0 Å². The first kappa shape index (κ1) is 52.3. The van der Waals surface area contributed by atoms with Gasteiger partial charge in [-0.2, -0.15) is 26.3 Å². The lowest BCUT2D eigenvalue weighted by Gasteiger charge is -2.38. The monoisotopic (exact) mass is 1060 g/mol. The predicted molar refractivity (Wildman–Crippen MR) is 244 cm³/mol. The summed E-state index contributed by atoms with van der Waals surface area (Å²) in [6, 6.07) is 1.01. The molecule has 4 aromatic rings. The normalized spacial score (nSPS) is 20.6. The van der Waals surface area contributed by atoms with Crippen molar-refractivity contribution in [1.29, 1.82) is 0 Å². The number of nitrogens with one attached hydrogen (secondary N) is 4. The van der Waals surface area contributed by atoms with Crippen LogP contribution in [0.2, 0.25) is 10.3 Å². The van der Waals surface area contributed by atoms with Gasteiger partial charge in [0.25, 0.3) is 0 Å². The van der Waals surface area contributed by atoms with E-state index in [1.807, 2.05) is 0 Å². The average molecular weight is 1060 g/mol. The van der Waals surface area contributed by atoms with Crippen LogP contribution in [0.5, 0.6) is 11.5 Å². The maximum Gasteiger partial charge on any atom is 0.407 e. The molecule has 390 valence electrons. The Morgan fingerprint density at radius 3 is 1.33 bits per heavy atom. The summed E-state index contributed by atoms with van der Waals surface area (Å²) in [7, 11) is 4.75. The molecule has 72 heavy (non-hydrogen) atoms. The largest absolute Gasteiger partial charge is 0.488 e. The number of imidazole rings is 2. The first-order chi connectivity index (χ1) is 33.7. The zero-order valence-corrected chi connectivity index (χ0v) is 41.4. The molecule has 0 saturated carbocycles. The SMILES string of the molecule is COC(=O)N[C@H](C(=O)N1C[C@@H](OC)C[C@H]1c1nc(-c2cc3c4c(c2)OCc2cc(-c5nc([C@@H]6C[C@H](OC)CN6C(=O)[C@@H](NC(=O)OC)C(C)(C)C(F)(F)F)[nH]c5Cl)cc(c2-4)OC3)c(Cl)[nH]1)C(C)(C)C(F)(F)F. The van der Waals surface area contributed by atoms with Crippen molar-refractivity contribution in [3.63, 3.8) is 0 Å². The second kappa shape index (κ2) is 19.1. The van der Waals surface area contributed by atoms with E-state index in [1.165, 1.54) is 24.0 Å². The second-order valence-electron chi connectivity index (χ2n) is 18.9. The summed E-state index contributed by atoms with van der Waals surface area (Å²) in [6.07, 6.45) is -13.2. The average Bonchev–Trinajstić information content (AvgIpc) is 4.14. The van der Waals surface area contributed by atoms with Crippen molar-refractivity contribution in [2.75, 3.05) is 41.5 Å². The molecule has 4 aliphatic heterocycles. The molecule has 0 radical (unpaired) electrons. The summed E-state index contributed by atoms with van der Waals surface area (Å²) in [6.45, 7) is 3.08. The fourth-order valence-corrected chi connectivity index (χ4v) is 9.94. The molecule has 0 unspecified atom stereocenters. The van der Waals surface area contributed by atoms with Gasteiger partial charge < -0.3 is 58.8 Å². The topological polar surface area (TPSA) is 212 Å². The van der Waals surface area contributed by atoms with Gasteiger partial charge in [0, 0.05) is 73.5 Å². The van der Waals surface area contributed by atoms with Crippen LogP contribution in [0.25, 0.3) is 33.6 Å². The van der Waals surface area contributed by atoms with Crippen LogP contribution >= 0.6 is 23.2 Å². The number of nitrogens with zero attached hydrogens (tertiary/aromatic N) is 4. The molecule has 4 aliphatic rings. The lowest BCUT2D eigenvalue weighted by Crippen LogP contribution is -2.60. The molecule has 2 saturated heterocycles. The first-order valence-electron chi connectivity index (χ1n) is 22.3. The maximum atomic E-state index is 14.4. The number of benzene rings is 2. The minimum absolute atomic E-state index is 0.0421. The van der Waals surface area contributed by atoms with E-state index in [4.69, 9.17) is 52.1 Å². The molecule has 0 spiro atoms. The molecule has 2 fully saturated rings. The van der Waals surface area contributed by atoms with Gasteiger partial charge in [0.05, 0.1) is 49.3 Å². The number of carbonyl (C=O) groups excluding carboxylic acids is 4. The van der Waals surface area contributed by atoms with E-state index in [9.17, 15) is 45.5 Å². The van der Waals surface area contributed by atoms with Crippen molar-refractivity contribution in [3.8, 4) is 45.1 Å². The van der Waals surface area contributed by atoms with Crippen molar-refractivity contribution in [2.45, 2.75) is 102 Å². The highest BCUT2D eigenvalue weighted by Gasteiger charge is 2.59. The summed E-state index contributed by atoms with van der Waals surface area (Å²) in [5.41, 5.74) is -1.13. The van der Waals surface area contributed by atoms with Crippen LogP contribution in [-0.2, 0) is 41.8 Å². The van der Waals surface area contributed by atoms with Crippen LogP contribution in [0.4, 0.5) is 35.9 Å². The van der Waals surface area contributed by atoms with Crippen LogP contribution in [-0.4, -0.2) is 132 Å². The number of aromatic nitrogens is 4. The van der Waals surface area contributed by atoms with E-state index >= 15 is 0 Å². The van der Waals surface area contributed by atoms with E-state index in [1.54, 1.807) is 24.3 Å². The van der Waals surface area contributed by atoms with E-state index in [-0.39, 0.29) is 72.5 Å². The number of halogens is 8. The fraction of sp³-hybridized carbons (Fsp3) is 0.522. The second-order valence-corrected chi connectivity index (χ2v) is 19.7. The third-order valence-electron chi connectivity index (χ3n) is 14.0. The molecule has 8 rings (SSSR count). The highest BCUT2D eigenvalue weighted by molar-refractivity contribution is 6.32. The van der Waals surface area contributed by atoms with Gasteiger partial charge in [0.1, 0.15) is 70.1 Å². The number of likely N-dealkylation sites (tertiary alicyclic amines) is 2. The first-order valence-corrected chi connectivity index (χ1v) is 23.1. The lowest BCUT2D eigenvalue weighted by atomic mass is 9.82. The number of amides is 4. The number of carbonyl (C=O) groups is 4. The maximum absolute atomic E-state index is 14.4. The van der Waals surface area contributed by atoms with Crippen molar-refractivity contribution in [2.24, 2.45) is 10.8 Å². The zero-order valence-electron chi connectivity index (χ0n) is 39.9. The van der Waals surface area contributed by atoms with Crippen LogP contribution in [0, 0.1) is 10.8 Å². The number of alkyl carbamates (subject to hydrolysis) is 2. The molecular weight excluding hydrogens is 1010 g/mol. The fourth-order valence-electron chi connectivity index (χ4n) is 9.45. The number of hydrogen-bond acceptors (Lipinski definition) is 12. The number of hydrogen-bond donors (Lipinski definition) is 4. The summed E-state index contributed by atoms with van der Waals surface area (Å²) in [5.74, 6) is -0.843. The van der Waals surface area contributed by atoms with E-state index in [2.05, 4.69) is 30.1 Å². The summed E-state index contributed by atoms with van der Waals surface area (Å²) < 4.78 is 119. The van der Waals surface area contributed by atoms with Gasteiger partial charge in [-0.25, -0.2) is 19.6 Å². The van der Waals surface area contributed by atoms with Crippen molar-refractivity contribution >= 4 is 47.2 Å². The Bertz CT molecular complexity index is 2570. The molecule has 6 heterocycles. The molecule has 4 N–H and O–H groups in total. The molecule has 2 aromatic heterocycles. The van der Waals surface area contributed by atoms with Gasteiger partial charge in [-0.15, -0.1) is 0 Å². The highest BCUT2D eigenvalue weighted by atomic mass is 35.5. The summed E-state index contributed by atoms with van der Waals surface area (Å²) in [5, 5.41) is 4.28. The number of H-pyrrole nitrogens is 2. The third-order valence-corrected chi connectivity index (χ3v) is 14.5. The number of ether oxygens (including phenoxy) is 6. The Balaban J connectivity index is 1.08. The molecule has 26 heteroatoms. The number of methoxy groups -OCH3 is 4. The zero-order chi connectivity index (χ0) is 52.6. The molecule has 18 nitrogen and oxygen atoms in total. The minimum Gasteiger partial charge on any atom is -0.488 e. The van der Waals surface area contributed by atoms with Crippen LogP contribution in [0.1, 0.15) is 75.4 Å². The Labute approximate surface area is 417 Å². The van der Waals surface area contributed by atoms with Crippen molar-refractivity contribution in [1.82, 2.24) is 40.4 Å². The Hall–Kier alpha value is -5.98. The van der Waals surface area contributed by atoms with Gasteiger partial charge in [0.15, 0.2) is 0 Å². The Kier molecular flexibility index (Phi) is 13.9. The summed E-state index contributed by atoms with van der Waals surface area (Å²) in [4.78, 5) is 70.6. The third kappa shape index (κ3) is 9.22. The van der Waals surface area contributed by atoms with E-state index in [0.717, 1.165) is 53.0 Å². The molecular formula is C46H50Cl2F6N8O10. The Morgan fingerprint density at radius 1 is 0.653 bits per heavy atom. The van der Waals surface area contributed by atoms with Crippen molar-refractivity contribution in [3.05, 3.63) is 57.3 Å². The van der Waals surface area contributed by atoms with Gasteiger partial charge in [-0.1, -0.05) is 23.2 Å². The lowest BCUT2D eigenvalue weighted by molar-refractivity contribution is -0.222. The van der Waals surface area contributed by atoms with E-state index < -0.39 is 83.6 Å². The van der Waals surface area contributed by atoms with Gasteiger partial charge in [-0.3, -0.25) is 9.59 Å². The van der Waals surface area contributed by atoms with Gasteiger partial charge >= 0.3 is 24.5 Å². The van der Waals surface area contributed by atoms with Crippen LogP contribution < -0.4 is 20.1 Å². The quantitative estimate of drug-likeness (QED) is 0.0986. The Morgan fingerprint density at radius 2 is 1.01 bits per heavy atom. The van der Waals surface area contributed by atoms with Crippen LogP contribution in [0.15, 0.2) is 24.3 Å². The number of rotatable bonds is 12. The van der Waals surface area contributed by atoms with Crippen LogP contribution in [0.3, 0.4) is 0 Å². The summed E-state index contributed by atoms with van der Waals surface area (Å²) >= 11 is 13.6.